The fourth-order valence-electron chi connectivity index (χ4n) is 1.44. The van der Waals surface area contributed by atoms with Crippen LogP contribution in [0.25, 0.3) is 0 Å². The molecule has 6 nitrogen and oxygen atoms in total. The number of ether oxygens (including phenoxy) is 2. The molecule has 0 radical (unpaired) electrons. The topological polar surface area (TPSA) is 87.6 Å². The molecular weight excluding hydrogens is 514 g/mol. The zero-order valence-corrected chi connectivity index (χ0v) is 16.2. The molecule has 0 aliphatic carbocycles. The summed E-state index contributed by atoms with van der Waals surface area (Å²) in [6.45, 7) is 0. The molecule has 2 aromatic carbocycles. The maximum absolute atomic E-state index is 10.3. The van der Waals surface area contributed by atoms with Crippen LogP contribution < -0.4 is 15.2 Å². The number of methoxy groups -OCH3 is 2. The zero-order valence-electron chi connectivity index (χ0n) is 11.9. The number of nitro groups is 1. The SMILES string of the molecule is COc1cc(N)ccc1I.COc1cc([N+](=O)[O-])ccc1I. The van der Waals surface area contributed by atoms with E-state index in [4.69, 9.17) is 15.2 Å². The Balaban J connectivity index is 0.000000224. The van der Waals surface area contributed by atoms with Gasteiger partial charge in [0.25, 0.3) is 5.69 Å². The number of nitrogens with zero attached hydrogens (tertiary/aromatic N) is 1. The van der Waals surface area contributed by atoms with Crippen molar-refractivity contribution in [1.82, 2.24) is 0 Å². The van der Waals surface area contributed by atoms with Crippen molar-refractivity contribution in [2.45, 2.75) is 0 Å². The smallest absolute Gasteiger partial charge is 0.273 e. The number of nitro benzene ring substituents is 1. The van der Waals surface area contributed by atoms with Crippen LogP contribution >= 0.6 is 45.2 Å². The molecule has 0 fully saturated rings. The maximum atomic E-state index is 10.3. The largest absolute Gasteiger partial charge is 0.496 e. The van der Waals surface area contributed by atoms with Crippen LogP contribution in [0.2, 0.25) is 0 Å². The van der Waals surface area contributed by atoms with E-state index in [0.717, 1.165) is 18.6 Å². The van der Waals surface area contributed by atoms with E-state index in [1.807, 2.05) is 18.2 Å². The van der Waals surface area contributed by atoms with E-state index >= 15 is 0 Å². The van der Waals surface area contributed by atoms with E-state index in [0.29, 0.717) is 5.75 Å². The quantitative estimate of drug-likeness (QED) is 0.281. The summed E-state index contributed by atoms with van der Waals surface area (Å²) < 4.78 is 11.9. The molecular formula is C14H14I2N2O4. The van der Waals surface area contributed by atoms with E-state index in [2.05, 4.69) is 45.2 Å². The molecule has 0 saturated heterocycles. The van der Waals surface area contributed by atoms with Crippen molar-refractivity contribution >= 4 is 56.6 Å². The minimum Gasteiger partial charge on any atom is -0.496 e. The van der Waals surface area contributed by atoms with E-state index in [1.165, 1.54) is 19.2 Å². The molecule has 2 N–H and O–H groups in total. The van der Waals surface area contributed by atoms with E-state index in [-0.39, 0.29) is 5.69 Å². The Labute approximate surface area is 155 Å². The molecule has 0 aliphatic heterocycles. The fraction of sp³-hybridized carbons (Fsp3) is 0.143. The summed E-state index contributed by atoms with van der Waals surface area (Å²) in [5, 5.41) is 10.3. The number of nitrogen functional groups attached to an aromatic ring is 1. The van der Waals surface area contributed by atoms with Gasteiger partial charge in [0.05, 0.1) is 32.3 Å². The summed E-state index contributed by atoms with van der Waals surface area (Å²) in [5.74, 6) is 1.37. The van der Waals surface area contributed by atoms with Crippen molar-refractivity contribution in [1.29, 1.82) is 0 Å². The van der Waals surface area contributed by atoms with Crippen molar-refractivity contribution in [2.24, 2.45) is 0 Å². The minimum absolute atomic E-state index is 0.0484. The molecule has 0 heterocycles. The highest BCUT2D eigenvalue weighted by Crippen LogP contribution is 2.25. The van der Waals surface area contributed by atoms with Gasteiger partial charge in [0.1, 0.15) is 11.5 Å². The minimum atomic E-state index is -0.446. The number of rotatable bonds is 3. The average molecular weight is 528 g/mol. The Kier molecular flexibility index (Phi) is 7.65. The molecule has 2 rings (SSSR count). The molecule has 0 amide bonds. The Morgan fingerprint density at radius 3 is 1.95 bits per heavy atom. The van der Waals surface area contributed by atoms with Crippen molar-refractivity contribution < 1.29 is 14.4 Å². The van der Waals surface area contributed by atoms with Gasteiger partial charge in [0, 0.05) is 17.8 Å². The predicted octanol–water partition coefficient (Wildman–Crippen LogP) is 4.09. The lowest BCUT2D eigenvalue weighted by Crippen LogP contribution is -1.91. The lowest BCUT2D eigenvalue weighted by atomic mass is 10.3. The summed E-state index contributed by atoms with van der Waals surface area (Å²) in [7, 11) is 3.12. The second-order valence-electron chi connectivity index (χ2n) is 3.97. The van der Waals surface area contributed by atoms with Crippen LogP contribution in [0.5, 0.6) is 11.5 Å². The van der Waals surface area contributed by atoms with Crippen LogP contribution in [0, 0.1) is 17.3 Å². The zero-order chi connectivity index (χ0) is 16.7. The summed E-state index contributed by atoms with van der Waals surface area (Å²) in [6, 6.07) is 10.1. The number of benzene rings is 2. The lowest BCUT2D eigenvalue weighted by molar-refractivity contribution is -0.384. The van der Waals surface area contributed by atoms with Crippen LogP contribution in [0.4, 0.5) is 11.4 Å². The Bertz CT molecular complexity index is 665. The molecule has 22 heavy (non-hydrogen) atoms. The number of halogens is 2. The van der Waals surface area contributed by atoms with Gasteiger partial charge in [-0.2, -0.15) is 0 Å². The number of hydrogen-bond donors (Lipinski definition) is 1. The van der Waals surface area contributed by atoms with Crippen LogP contribution in [-0.2, 0) is 0 Å². The Hall–Kier alpha value is -1.30. The van der Waals surface area contributed by atoms with Crippen molar-refractivity contribution in [2.75, 3.05) is 20.0 Å². The maximum Gasteiger partial charge on any atom is 0.273 e. The molecule has 0 spiro atoms. The summed E-state index contributed by atoms with van der Waals surface area (Å²) in [6.07, 6.45) is 0. The van der Waals surface area contributed by atoms with E-state index in [1.54, 1.807) is 13.2 Å². The third-order valence-corrected chi connectivity index (χ3v) is 4.30. The summed E-state index contributed by atoms with van der Waals surface area (Å²) >= 11 is 4.25. The van der Waals surface area contributed by atoms with Crippen molar-refractivity contribution in [3.8, 4) is 11.5 Å². The van der Waals surface area contributed by atoms with Gasteiger partial charge in [-0.15, -0.1) is 0 Å². The highest BCUT2D eigenvalue weighted by Gasteiger charge is 2.08. The van der Waals surface area contributed by atoms with Crippen molar-refractivity contribution in [3.05, 3.63) is 53.7 Å². The van der Waals surface area contributed by atoms with Crippen LogP contribution in [0.15, 0.2) is 36.4 Å². The number of hydrogen-bond acceptors (Lipinski definition) is 5. The van der Waals surface area contributed by atoms with Gasteiger partial charge >= 0.3 is 0 Å². The highest BCUT2D eigenvalue weighted by molar-refractivity contribution is 14.1. The van der Waals surface area contributed by atoms with Gasteiger partial charge in [0.2, 0.25) is 0 Å². The molecule has 0 bridgehead atoms. The predicted molar refractivity (Wildman–Crippen MR) is 102 cm³/mol. The third-order valence-electron chi connectivity index (χ3n) is 2.52. The van der Waals surface area contributed by atoms with Crippen LogP contribution in [-0.4, -0.2) is 19.1 Å². The van der Waals surface area contributed by atoms with Gasteiger partial charge in [-0.25, -0.2) is 0 Å². The first-order valence-corrected chi connectivity index (χ1v) is 8.11. The first kappa shape index (κ1) is 18.7. The molecule has 2 aromatic rings. The first-order valence-electron chi connectivity index (χ1n) is 5.96. The van der Waals surface area contributed by atoms with Gasteiger partial charge in [-0.3, -0.25) is 10.1 Å². The fourth-order valence-corrected chi connectivity index (χ4v) is 2.55. The van der Waals surface area contributed by atoms with Crippen molar-refractivity contribution in [3.63, 3.8) is 0 Å². The second-order valence-corrected chi connectivity index (χ2v) is 6.29. The van der Waals surface area contributed by atoms with Gasteiger partial charge in [-0.1, -0.05) is 0 Å². The number of nitrogens with two attached hydrogens (primary N) is 1. The standard InChI is InChI=1S/C7H6INO3.C7H8INO/c1-12-7-4-5(9(10)11)2-3-6(7)8;1-10-7-4-5(9)2-3-6(7)8/h2-4H,1H3;2-4H,9H2,1H3. The molecule has 0 unspecified atom stereocenters. The van der Waals surface area contributed by atoms with Gasteiger partial charge < -0.3 is 15.2 Å². The Morgan fingerprint density at radius 1 is 1.00 bits per heavy atom. The van der Waals surface area contributed by atoms with Crippen LogP contribution in [0.1, 0.15) is 0 Å². The molecule has 0 saturated carbocycles. The number of anilines is 1. The lowest BCUT2D eigenvalue weighted by Gasteiger charge is -2.02. The van der Waals surface area contributed by atoms with E-state index < -0.39 is 4.92 Å². The third kappa shape index (κ3) is 5.48. The van der Waals surface area contributed by atoms with Gasteiger partial charge in [0.15, 0.2) is 0 Å². The monoisotopic (exact) mass is 528 g/mol. The van der Waals surface area contributed by atoms with E-state index in [9.17, 15) is 10.1 Å². The normalized spacial score (nSPS) is 9.45. The first-order chi connectivity index (χ1) is 10.4. The van der Waals surface area contributed by atoms with Gasteiger partial charge in [-0.05, 0) is 63.4 Å². The number of non-ortho nitro benzene ring substituents is 1. The summed E-state index contributed by atoms with van der Waals surface area (Å²) in [5.41, 5.74) is 6.30. The highest BCUT2D eigenvalue weighted by atomic mass is 127. The average Bonchev–Trinajstić information content (AvgIpc) is 2.50. The second kappa shape index (κ2) is 8.98. The molecule has 0 aliphatic rings. The summed E-state index contributed by atoms with van der Waals surface area (Å²) in [4.78, 5) is 9.88. The molecule has 8 heteroatoms. The van der Waals surface area contributed by atoms with Crippen LogP contribution in [0.3, 0.4) is 0 Å². The molecule has 118 valence electrons. The molecule has 0 aromatic heterocycles. The molecule has 0 atom stereocenters. The Morgan fingerprint density at radius 2 is 1.50 bits per heavy atom.